The first kappa shape index (κ1) is 9.50. The Morgan fingerprint density at radius 2 is 2.00 bits per heavy atom. The second kappa shape index (κ2) is 3.04. The molecule has 0 saturated carbocycles. The molecule has 0 spiro atoms. The van der Waals surface area contributed by atoms with Crippen LogP contribution >= 0.6 is 0 Å². The summed E-state index contributed by atoms with van der Waals surface area (Å²) in [5, 5.41) is 10.1. The second-order valence-corrected chi connectivity index (χ2v) is 2.19. The maximum absolute atomic E-state index is 12.0. The fourth-order valence-corrected chi connectivity index (χ4v) is 0.706. The lowest BCUT2D eigenvalue weighted by atomic mass is 10.3. The van der Waals surface area contributed by atoms with E-state index in [0.717, 1.165) is 12.1 Å². The molecule has 0 unspecified atom stereocenters. The van der Waals surface area contributed by atoms with E-state index in [4.69, 9.17) is 0 Å². The van der Waals surface area contributed by atoms with Crippen LogP contribution in [0.15, 0.2) is 18.2 Å². The normalized spacial score (nSPS) is 11.3. The van der Waals surface area contributed by atoms with Crippen LogP contribution in [0.1, 0.15) is 16.2 Å². The first-order valence-corrected chi connectivity index (χ1v) is 3.17. The van der Waals surface area contributed by atoms with E-state index in [1.165, 1.54) is 0 Å². The van der Waals surface area contributed by atoms with Crippen molar-refractivity contribution in [2.75, 3.05) is 0 Å². The van der Waals surface area contributed by atoms with Crippen molar-refractivity contribution in [2.45, 2.75) is 6.18 Å². The van der Waals surface area contributed by atoms with Crippen LogP contribution in [-0.4, -0.2) is 11.0 Å². The zero-order valence-electron chi connectivity index (χ0n) is 6.13. The van der Waals surface area contributed by atoms with Crippen LogP contribution in [0.25, 0.3) is 0 Å². The van der Waals surface area contributed by atoms with Crippen molar-refractivity contribution in [3.8, 4) is 0 Å². The molecule has 0 saturated heterocycles. The Kier molecular flexibility index (Phi) is 2.22. The number of rotatable bonds is 1. The summed E-state index contributed by atoms with van der Waals surface area (Å²) >= 11 is 0. The Morgan fingerprint density at radius 1 is 1.38 bits per heavy atom. The molecule has 1 aromatic heterocycles. The van der Waals surface area contributed by atoms with Crippen molar-refractivity contribution in [3.63, 3.8) is 0 Å². The van der Waals surface area contributed by atoms with Gasteiger partial charge in [0.1, 0.15) is 5.69 Å². The molecule has 3 nitrogen and oxygen atoms in total. The molecule has 13 heavy (non-hydrogen) atoms. The molecule has 1 aromatic rings. The maximum atomic E-state index is 12.0. The maximum Gasteiger partial charge on any atom is 0.433 e. The number of carboxylic acids is 1. The van der Waals surface area contributed by atoms with Gasteiger partial charge in [-0.3, -0.25) is 0 Å². The average molecular weight is 190 g/mol. The Labute approximate surface area is 70.8 Å². The van der Waals surface area contributed by atoms with E-state index < -0.39 is 23.5 Å². The van der Waals surface area contributed by atoms with Crippen molar-refractivity contribution in [3.05, 3.63) is 29.6 Å². The van der Waals surface area contributed by atoms with Crippen LogP contribution in [0, 0.1) is 0 Å². The van der Waals surface area contributed by atoms with E-state index in [9.17, 15) is 23.1 Å². The molecule has 0 aliphatic rings. The van der Waals surface area contributed by atoms with Gasteiger partial charge in [-0.2, -0.15) is 13.2 Å². The van der Waals surface area contributed by atoms with Crippen LogP contribution in [-0.2, 0) is 6.18 Å². The Hall–Kier alpha value is -1.59. The topological polar surface area (TPSA) is 53.0 Å². The van der Waals surface area contributed by atoms with Crippen molar-refractivity contribution >= 4 is 5.97 Å². The lowest BCUT2D eigenvalue weighted by Crippen LogP contribution is -2.24. The van der Waals surface area contributed by atoms with Gasteiger partial charge in [0.2, 0.25) is 0 Å². The van der Waals surface area contributed by atoms with Gasteiger partial charge in [-0.25, -0.2) is 4.98 Å². The number of alkyl halides is 3. The number of carbonyl (C=O) groups is 1. The molecule has 70 valence electrons. The summed E-state index contributed by atoms with van der Waals surface area (Å²) in [6.45, 7) is 0. The van der Waals surface area contributed by atoms with Crippen LogP contribution in [0.5, 0.6) is 0 Å². The number of carbonyl (C=O) groups excluding carboxylic acids is 1. The first-order chi connectivity index (χ1) is 5.91. The second-order valence-electron chi connectivity index (χ2n) is 2.19. The highest BCUT2D eigenvalue weighted by molar-refractivity contribution is 5.83. The fraction of sp³-hybridized carbons (Fsp3) is 0.143. The van der Waals surface area contributed by atoms with Crippen LogP contribution in [0.2, 0.25) is 0 Å². The summed E-state index contributed by atoms with van der Waals surface area (Å²) in [6.07, 6.45) is -4.63. The van der Waals surface area contributed by atoms with Gasteiger partial charge in [-0.15, -0.1) is 0 Å². The largest absolute Gasteiger partial charge is 0.543 e. The van der Waals surface area contributed by atoms with E-state index in [0.29, 0.717) is 6.07 Å². The van der Waals surface area contributed by atoms with E-state index in [1.807, 2.05) is 0 Å². The minimum Gasteiger partial charge on any atom is -0.543 e. The van der Waals surface area contributed by atoms with Gasteiger partial charge in [0.05, 0.1) is 11.7 Å². The highest BCUT2D eigenvalue weighted by Crippen LogP contribution is 2.27. The molecule has 0 aliphatic heterocycles. The SMILES string of the molecule is O=C([O-])c1cccc(C(F)(F)F)n1. The standard InChI is InChI=1S/C7H4F3NO2/c8-7(9,10)5-3-1-2-4(11-5)6(12)13/h1-3H,(H,12,13)/p-1. The summed E-state index contributed by atoms with van der Waals surface area (Å²) in [7, 11) is 0. The third kappa shape index (κ3) is 2.17. The van der Waals surface area contributed by atoms with E-state index in [1.54, 1.807) is 0 Å². The van der Waals surface area contributed by atoms with Crippen LogP contribution in [0.3, 0.4) is 0 Å². The van der Waals surface area contributed by atoms with Gasteiger partial charge in [0, 0.05) is 0 Å². The van der Waals surface area contributed by atoms with Crippen molar-refractivity contribution < 1.29 is 23.1 Å². The predicted molar refractivity (Wildman–Crippen MR) is 33.6 cm³/mol. The molecule has 1 rings (SSSR count). The highest BCUT2D eigenvalue weighted by atomic mass is 19.4. The zero-order valence-corrected chi connectivity index (χ0v) is 6.13. The van der Waals surface area contributed by atoms with E-state index >= 15 is 0 Å². The third-order valence-electron chi connectivity index (χ3n) is 1.25. The number of carboxylic acid groups (broad SMARTS) is 1. The molecule has 1 heterocycles. The Morgan fingerprint density at radius 3 is 2.46 bits per heavy atom. The molecule has 0 fully saturated rings. The minimum absolute atomic E-state index is 0.687. The summed E-state index contributed by atoms with van der Waals surface area (Å²) in [5.41, 5.74) is -1.97. The summed E-state index contributed by atoms with van der Waals surface area (Å²) in [6, 6.07) is 2.58. The first-order valence-electron chi connectivity index (χ1n) is 3.17. The van der Waals surface area contributed by atoms with E-state index in [-0.39, 0.29) is 0 Å². The van der Waals surface area contributed by atoms with Crippen molar-refractivity contribution in [2.24, 2.45) is 0 Å². The average Bonchev–Trinajstić information content (AvgIpc) is 2.03. The van der Waals surface area contributed by atoms with Gasteiger partial charge < -0.3 is 9.90 Å². The third-order valence-corrected chi connectivity index (χ3v) is 1.25. The molecule has 0 amide bonds. The lowest BCUT2D eigenvalue weighted by molar-refractivity contribution is -0.255. The van der Waals surface area contributed by atoms with Crippen LogP contribution in [0.4, 0.5) is 13.2 Å². The van der Waals surface area contributed by atoms with Crippen molar-refractivity contribution in [1.82, 2.24) is 4.98 Å². The molecule has 0 aromatic carbocycles. The highest BCUT2D eigenvalue weighted by Gasteiger charge is 2.32. The monoisotopic (exact) mass is 190 g/mol. The van der Waals surface area contributed by atoms with Gasteiger partial charge in [-0.1, -0.05) is 6.07 Å². The summed E-state index contributed by atoms with van der Waals surface area (Å²) < 4.78 is 35.9. The smallest absolute Gasteiger partial charge is 0.433 e. The molecule has 0 aliphatic carbocycles. The summed E-state index contributed by atoms with van der Waals surface area (Å²) in [5.74, 6) is -1.73. The number of hydrogen-bond donors (Lipinski definition) is 0. The number of pyridine rings is 1. The number of aromatic carboxylic acids is 1. The molecule has 0 N–H and O–H groups in total. The molecule has 0 atom stereocenters. The molecule has 6 heteroatoms. The summed E-state index contributed by atoms with van der Waals surface area (Å²) in [4.78, 5) is 13.0. The van der Waals surface area contributed by atoms with Gasteiger partial charge >= 0.3 is 6.18 Å². The van der Waals surface area contributed by atoms with Gasteiger partial charge in [-0.05, 0) is 12.1 Å². The number of hydrogen-bond acceptors (Lipinski definition) is 3. The Bertz CT molecular complexity index is 335. The molecular weight excluding hydrogens is 187 g/mol. The quantitative estimate of drug-likeness (QED) is 0.646. The van der Waals surface area contributed by atoms with Gasteiger partial charge in [0.15, 0.2) is 0 Å². The minimum atomic E-state index is -4.63. The molecule has 0 radical (unpaired) electrons. The van der Waals surface area contributed by atoms with Gasteiger partial charge in [0.25, 0.3) is 0 Å². The van der Waals surface area contributed by atoms with Crippen molar-refractivity contribution in [1.29, 1.82) is 0 Å². The van der Waals surface area contributed by atoms with E-state index in [2.05, 4.69) is 4.98 Å². The Balaban J connectivity index is 3.13. The molecule has 0 bridgehead atoms. The fourth-order valence-electron chi connectivity index (χ4n) is 0.706. The molecular formula is C7H3F3NO2-. The lowest BCUT2D eigenvalue weighted by Gasteiger charge is -2.07. The van der Waals surface area contributed by atoms with Crippen LogP contribution < -0.4 is 5.11 Å². The number of nitrogens with zero attached hydrogens (tertiary/aromatic N) is 1. The number of aromatic nitrogens is 1. The zero-order chi connectivity index (χ0) is 10.1. The number of halogens is 3. The predicted octanol–water partition coefficient (Wildman–Crippen LogP) is 0.464.